The van der Waals surface area contributed by atoms with Crippen LogP contribution < -0.4 is 0 Å². The number of rotatable bonds is 5. The summed E-state index contributed by atoms with van der Waals surface area (Å²) in [5.41, 5.74) is 3.03. The fourth-order valence-corrected chi connectivity index (χ4v) is 2.28. The van der Waals surface area contributed by atoms with Gasteiger partial charge in [0.25, 0.3) is 0 Å². The SMILES string of the molecule is COCc1cc(C(C)(C)C(=O)O)ccc1-c1ccccc1. The molecule has 0 saturated heterocycles. The van der Waals surface area contributed by atoms with Gasteiger partial charge in [-0.3, -0.25) is 4.79 Å². The summed E-state index contributed by atoms with van der Waals surface area (Å²) >= 11 is 0. The molecule has 0 atom stereocenters. The summed E-state index contributed by atoms with van der Waals surface area (Å²) in [5, 5.41) is 9.37. The summed E-state index contributed by atoms with van der Waals surface area (Å²) in [6.45, 7) is 3.88. The second-order valence-electron chi connectivity index (χ2n) is 5.60. The van der Waals surface area contributed by atoms with Gasteiger partial charge in [0.1, 0.15) is 0 Å². The van der Waals surface area contributed by atoms with Crippen molar-refractivity contribution in [1.29, 1.82) is 0 Å². The first kappa shape index (κ1) is 15.3. The van der Waals surface area contributed by atoms with Gasteiger partial charge in [-0.25, -0.2) is 0 Å². The molecular weight excluding hydrogens is 264 g/mol. The molecule has 0 spiro atoms. The first-order valence-electron chi connectivity index (χ1n) is 6.88. The molecular formula is C18H20O3. The molecule has 0 radical (unpaired) electrons. The van der Waals surface area contributed by atoms with Gasteiger partial charge >= 0.3 is 5.97 Å². The standard InChI is InChI=1S/C18H20O3/c1-18(2,17(19)20)15-9-10-16(14(11-15)12-21-3)13-7-5-4-6-8-13/h4-11H,12H2,1-3H3,(H,19,20). The van der Waals surface area contributed by atoms with Gasteiger partial charge in [-0.15, -0.1) is 0 Å². The van der Waals surface area contributed by atoms with Crippen molar-refractivity contribution in [1.82, 2.24) is 0 Å². The van der Waals surface area contributed by atoms with E-state index in [4.69, 9.17) is 4.74 Å². The molecule has 0 heterocycles. The number of aliphatic carboxylic acids is 1. The summed E-state index contributed by atoms with van der Waals surface area (Å²) in [5.74, 6) is -0.835. The lowest BCUT2D eigenvalue weighted by Crippen LogP contribution is -2.28. The molecule has 2 aromatic rings. The lowest BCUT2D eigenvalue weighted by Gasteiger charge is -2.22. The van der Waals surface area contributed by atoms with Gasteiger partial charge in [0, 0.05) is 7.11 Å². The van der Waals surface area contributed by atoms with Crippen LogP contribution in [0.2, 0.25) is 0 Å². The van der Waals surface area contributed by atoms with Crippen molar-refractivity contribution in [3.8, 4) is 11.1 Å². The van der Waals surface area contributed by atoms with Crippen molar-refractivity contribution in [3.05, 3.63) is 59.7 Å². The fraction of sp³-hybridized carbons (Fsp3) is 0.278. The molecule has 0 saturated carbocycles. The van der Waals surface area contributed by atoms with E-state index in [0.29, 0.717) is 6.61 Å². The summed E-state index contributed by atoms with van der Waals surface area (Å²) < 4.78 is 5.27. The molecule has 0 aliphatic heterocycles. The molecule has 0 amide bonds. The van der Waals surface area contributed by atoms with Crippen LogP contribution in [0.5, 0.6) is 0 Å². The quantitative estimate of drug-likeness (QED) is 0.906. The zero-order valence-electron chi connectivity index (χ0n) is 12.6. The summed E-state index contributed by atoms with van der Waals surface area (Å²) in [4.78, 5) is 11.4. The van der Waals surface area contributed by atoms with Crippen molar-refractivity contribution in [2.45, 2.75) is 25.9 Å². The van der Waals surface area contributed by atoms with Gasteiger partial charge in [-0.05, 0) is 36.1 Å². The topological polar surface area (TPSA) is 46.5 Å². The molecule has 3 heteroatoms. The third-order valence-corrected chi connectivity index (χ3v) is 3.75. The highest BCUT2D eigenvalue weighted by Crippen LogP contribution is 2.30. The lowest BCUT2D eigenvalue weighted by atomic mass is 9.82. The highest BCUT2D eigenvalue weighted by Gasteiger charge is 2.29. The Morgan fingerprint density at radius 3 is 2.38 bits per heavy atom. The van der Waals surface area contributed by atoms with Crippen molar-refractivity contribution >= 4 is 5.97 Å². The van der Waals surface area contributed by atoms with Gasteiger partial charge in [-0.1, -0.05) is 48.5 Å². The van der Waals surface area contributed by atoms with E-state index in [1.807, 2.05) is 48.5 Å². The average molecular weight is 284 g/mol. The zero-order valence-corrected chi connectivity index (χ0v) is 12.6. The minimum Gasteiger partial charge on any atom is -0.481 e. The third-order valence-electron chi connectivity index (χ3n) is 3.75. The Morgan fingerprint density at radius 2 is 1.81 bits per heavy atom. The second-order valence-corrected chi connectivity index (χ2v) is 5.60. The monoisotopic (exact) mass is 284 g/mol. The van der Waals surface area contributed by atoms with Gasteiger partial charge in [-0.2, -0.15) is 0 Å². The molecule has 0 aliphatic rings. The number of ether oxygens (including phenoxy) is 1. The maximum Gasteiger partial charge on any atom is 0.313 e. The number of carbonyl (C=O) groups is 1. The Balaban J connectivity index is 2.53. The zero-order chi connectivity index (χ0) is 15.5. The van der Waals surface area contributed by atoms with Gasteiger partial charge < -0.3 is 9.84 Å². The molecule has 0 aromatic heterocycles. The van der Waals surface area contributed by atoms with E-state index in [0.717, 1.165) is 22.3 Å². The van der Waals surface area contributed by atoms with Crippen LogP contribution in [0.1, 0.15) is 25.0 Å². The predicted octanol–water partition coefficient (Wildman–Crippen LogP) is 3.86. The molecule has 1 N–H and O–H groups in total. The van der Waals surface area contributed by atoms with E-state index in [1.54, 1.807) is 21.0 Å². The van der Waals surface area contributed by atoms with Crippen LogP contribution in [0.3, 0.4) is 0 Å². The Kier molecular flexibility index (Phi) is 4.43. The molecule has 21 heavy (non-hydrogen) atoms. The van der Waals surface area contributed by atoms with Gasteiger partial charge in [0.15, 0.2) is 0 Å². The Bertz CT molecular complexity index is 630. The van der Waals surface area contributed by atoms with Crippen molar-refractivity contribution < 1.29 is 14.6 Å². The Morgan fingerprint density at radius 1 is 1.14 bits per heavy atom. The van der Waals surface area contributed by atoms with Crippen LogP contribution in [0, 0.1) is 0 Å². The van der Waals surface area contributed by atoms with E-state index < -0.39 is 11.4 Å². The summed E-state index contributed by atoms with van der Waals surface area (Å²) in [7, 11) is 1.64. The van der Waals surface area contributed by atoms with Crippen LogP contribution in [0.25, 0.3) is 11.1 Å². The van der Waals surface area contributed by atoms with E-state index in [2.05, 4.69) is 0 Å². The molecule has 0 aliphatic carbocycles. The summed E-state index contributed by atoms with van der Waals surface area (Å²) in [6, 6.07) is 15.8. The highest BCUT2D eigenvalue weighted by atomic mass is 16.5. The first-order chi connectivity index (χ1) is 9.96. The molecule has 0 unspecified atom stereocenters. The number of carboxylic acids is 1. The maximum absolute atomic E-state index is 11.4. The Hall–Kier alpha value is -2.13. The normalized spacial score (nSPS) is 11.4. The van der Waals surface area contributed by atoms with E-state index in [1.165, 1.54) is 0 Å². The maximum atomic E-state index is 11.4. The van der Waals surface area contributed by atoms with Gasteiger partial charge in [0.2, 0.25) is 0 Å². The smallest absolute Gasteiger partial charge is 0.313 e. The molecule has 2 aromatic carbocycles. The summed E-state index contributed by atoms with van der Waals surface area (Å²) in [6.07, 6.45) is 0. The van der Waals surface area contributed by atoms with E-state index in [-0.39, 0.29) is 0 Å². The fourth-order valence-electron chi connectivity index (χ4n) is 2.28. The van der Waals surface area contributed by atoms with Crippen LogP contribution in [-0.2, 0) is 21.6 Å². The predicted molar refractivity (Wildman–Crippen MR) is 83.3 cm³/mol. The number of benzene rings is 2. The minimum atomic E-state index is -0.919. The molecule has 0 fully saturated rings. The number of hydrogen-bond donors (Lipinski definition) is 1. The van der Waals surface area contributed by atoms with Gasteiger partial charge in [0.05, 0.1) is 12.0 Å². The first-order valence-corrected chi connectivity index (χ1v) is 6.88. The van der Waals surface area contributed by atoms with Crippen molar-refractivity contribution in [2.75, 3.05) is 7.11 Å². The number of methoxy groups -OCH3 is 1. The van der Waals surface area contributed by atoms with E-state index in [9.17, 15) is 9.90 Å². The largest absolute Gasteiger partial charge is 0.481 e. The molecule has 3 nitrogen and oxygen atoms in total. The van der Waals surface area contributed by atoms with Crippen LogP contribution in [0.4, 0.5) is 0 Å². The highest BCUT2D eigenvalue weighted by molar-refractivity contribution is 5.81. The number of hydrogen-bond acceptors (Lipinski definition) is 2. The van der Waals surface area contributed by atoms with Crippen LogP contribution in [-0.4, -0.2) is 18.2 Å². The Labute approximate surface area is 125 Å². The van der Waals surface area contributed by atoms with E-state index >= 15 is 0 Å². The van der Waals surface area contributed by atoms with Crippen LogP contribution >= 0.6 is 0 Å². The molecule has 0 bridgehead atoms. The minimum absolute atomic E-state index is 0.452. The second kappa shape index (κ2) is 6.10. The average Bonchev–Trinajstić information content (AvgIpc) is 2.48. The lowest BCUT2D eigenvalue weighted by molar-refractivity contribution is -0.142. The van der Waals surface area contributed by atoms with Crippen molar-refractivity contribution in [2.24, 2.45) is 0 Å². The number of carboxylic acid groups (broad SMARTS) is 1. The third kappa shape index (κ3) is 3.14. The van der Waals surface area contributed by atoms with Crippen molar-refractivity contribution in [3.63, 3.8) is 0 Å². The van der Waals surface area contributed by atoms with Crippen LogP contribution in [0.15, 0.2) is 48.5 Å². The molecule has 2 rings (SSSR count). The molecule has 110 valence electrons.